The third-order valence-electron chi connectivity index (χ3n) is 3.80. The second kappa shape index (κ2) is 8.01. The van der Waals surface area contributed by atoms with Crippen molar-refractivity contribution in [3.05, 3.63) is 95.8 Å². The number of amides is 1. The molecule has 0 aliphatic heterocycles. The summed E-state index contributed by atoms with van der Waals surface area (Å²) in [6, 6.07) is 20.1. The van der Waals surface area contributed by atoms with Gasteiger partial charge in [0.1, 0.15) is 5.82 Å². The third kappa shape index (κ3) is 4.92. The number of nitrogens with one attached hydrogen (secondary N) is 2. The van der Waals surface area contributed by atoms with Gasteiger partial charge in [0.05, 0.1) is 4.90 Å². The molecule has 0 radical (unpaired) electrons. The standard InChI is InChI=1S/C20H17FN2O3S/c21-17-9-11-18(12-10-17)23-27(25,26)19-8-4-7-16(13-19)20(24)22-14-15-5-2-1-3-6-15/h1-13,23H,14H2,(H,22,24). The van der Waals surface area contributed by atoms with E-state index in [0.29, 0.717) is 6.54 Å². The van der Waals surface area contributed by atoms with E-state index in [1.54, 1.807) is 0 Å². The van der Waals surface area contributed by atoms with Crippen LogP contribution in [0.4, 0.5) is 10.1 Å². The number of carbonyl (C=O) groups excluding carboxylic acids is 1. The Morgan fingerprint density at radius 1 is 0.889 bits per heavy atom. The fourth-order valence-electron chi connectivity index (χ4n) is 2.42. The van der Waals surface area contributed by atoms with E-state index >= 15 is 0 Å². The minimum Gasteiger partial charge on any atom is -0.348 e. The molecule has 0 heterocycles. The zero-order chi connectivity index (χ0) is 19.3. The van der Waals surface area contributed by atoms with Crippen LogP contribution in [0.2, 0.25) is 0 Å². The summed E-state index contributed by atoms with van der Waals surface area (Å²) in [6.07, 6.45) is 0. The van der Waals surface area contributed by atoms with Crippen LogP contribution >= 0.6 is 0 Å². The molecule has 3 aromatic carbocycles. The molecule has 0 aliphatic rings. The van der Waals surface area contributed by atoms with Crippen molar-refractivity contribution in [1.29, 1.82) is 0 Å². The van der Waals surface area contributed by atoms with E-state index in [0.717, 1.165) is 17.7 Å². The quantitative estimate of drug-likeness (QED) is 0.682. The minimum absolute atomic E-state index is 0.0563. The van der Waals surface area contributed by atoms with Gasteiger partial charge in [-0.25, -0.2) is 12.8 Å². The lowest BCUT2D eigenvalue weighted by atomic mass is 10.2. The zero-order valence-corrected chi connectivity index (χ0v) is 15.0. The zero-order valence-electron chi connectivity index (χ0n) is 14.2. The smallest absolute Gasteiger partial charge is 0.261 e. The highest BCUT2D eigenvalue weighted by molar-refractivity contribution is 7.92. The van der Waals surface area contributed by atoms with E-state index in [9.17, 15) is 17.6 Å². The molecule has 0 saturated heterocycles. The van der Waals surface area contributed by atoms with Gasteiger partial charge in [0, 0.05) is 17.8 Å². The van der Waals surface area contributed by atoms with Crippen LogP contribution in [0.25, 0.3) is 0 Å². The van der Waals surface area contributed by atoms with Crippen LogP contribution < -0.4 is 10.0 Å². The highest BCUT2D eigenvalue weighted by Crippen LogP contribution is 2.17. The van der Waals surface area contributed by atoms with Gasteiger partial charge in [-0.2, -0.15) is 0 Å². The first kappa shape index (κ1) is 18.6. The van der Waals surface area contributed by atoms with E-state index in [2.05, 4.69) is 10.0 Å². The summed E-state index contributed by atoms with van der Waals surface area (Å²) in [7, 11) is -3.90. The van der Waals surface area contributed by atoms with Gasteiger partial charge in [0.25, 0.3) is 15.9 Å². The number of hydrogen-bond donors (Lipinski definition) is 2. The van der Waals surface area contributed by atoms with Crippen molar-refractivity contribution in [2.24, 2.45) is 0 Å². The van der Waals surface area contributed by atoms with Gasteiger partial charge in [-0.1, -0.05) is 36.4 Å². The molecule has 27 heavy (non-hydrogen) atoms. The van der Waals surface area contributed by atoms with Gasteiger partial charge in [-0.05, 0) is 48.0 Å². The van der Waals surface area contributed by atoms with E-state index in [-0.39, 0.29) is 22.1 Å². The van der Waals surface area contributed by atoms with Crippen molar-refractivity contribution in [3.8, 4) is 0 Å². The maximum Gasteiger partial charge on any atom is 0.261 e. The molecule has 0 aromatic heterocycles. The van der Waals surface area contributed by atoms with Crippen LogP contribution in [0.15, 0.2) is 83.8 Å². The lowest BCUT2D eigenvalue weighted by Crippen LogP contribution is -2.23. The predicted octanol–water partition coefficient (Wildman–Crippen LogP) is 3.56. The number of hydrogen-bond acceptors (Lipinski definition) is 3. The largest absolute Gasteiger partial charge is 0.348 e. The Morgan fingerprint density at radius 2 is 1.59 bits per heavy atom. The van der Waals surface area contributed by atoms with Crippen molar-refractivity contribution in [1.82, 2.24) is 5.32 Å². The SMILES string of the molecule is O=C(NCc1ccccc1)c1cccc(S(=O)(=O)Nc2ccc(F)cc2)c1. The Bertz CT molecular complexity index is 1040. The van der Waals surface area contributed by atoms with Crippen molar-refractivity contribution < 1.29 is 17.6 Å². The third-order valence-corrected chi connectivity index (χ3v) is 5.18. The predicted molar refractivity (Wildman–Crippen MR) is 101 cm³/mol. The minimum atomic E-state index is -3.90. The molecule has 0 saturated carbocycles. The molecule has 0 bridgehead atoms. The summed E-state index contributed by atoms with van der Waals surface area (Å²) in [6.45, 7) is 0.338. The van der Waals surface area contributed by atoms with Gasteiger partial charge in [0.15, 0.2) is 0 Å². The van der Waals surface area contributed by atoms with E-state index in [1.807, 2.05) is 30.3 Å². The van der Waals surface area contributed by atoms with Crippen molar-refractivity contribution >= 4 is 21.6 Å². The first-order valence-corrected chi connectivity index (χ1v) is 9.63. The van der Waals surface area contributed by atoms with Crippen molar-refractivity contribution in [2.45, 2.75) is 11.4 Å². The monoisotopic (exact) mass is 384 g/mol. The lowest BCUT2D eigenvalue weighted by molar-refractivity contribution is 0.0950. The lowest BCUT2D eigenvalue weighted by Gasteiger charge is -2.10. The van der Waals surface area contributed by atoms with Crippen LogP contribution in [0.3, 0.4) is 0 Å². The fourth-order valence-corrected chi connectivity index (χ4v) is 3.52. The number of benzene rings is 3. The molecule has 3 aromatic rings. The average Bonchev–Trinajstić information content (AvgIpc) is 2.68. The molecule has 1 amide bonds. The van der Waals surface area contributed by atoms with Crippen LogP contribution in [0, 0.1) is 5.82 Å². The maximum absolute atomic E-state index is 13.0. The molecule has 0 spiro atoms. The van der Waals surface area contributed by atoms with Gasteiger partial charge < -0.3 is 5.32 Å². The number of rotatable bonds is 6. The molecule has 0 fully saturated rings. The molecule has 138 valence electrons. The normalized spacial score (nSPS) is 11.0. The van der Waals surface area contributed by atoms with E-state index < -0.39 is 15.8 Å². The topological polar surface area (TPSA) is 75.3 Å². The molecular weight excluding hydrogens is 367 g/mol. The highest BCUT2D eigenvalue weighted by Gasteiger charge is 2.16. The van der Waals surface area contributed by atoms with E-state index in [4.69, 9.17) is 0 Å². The molecule has 0 aliphatic carbocycles. The van der Waals surface area contributed by atoms with Crippen molar-refractivity contribution in [2.75, 3.05) is 4.72 Å². The molecule has 5 nitrogen and oxygen atoms in total. The van der Waals surface area contributed by atoms with Crippen LogP contribution in [0.1, 0.15) is 15.9 Å². The van der Waals surface area contributed by atoms with Gasteiger partial charge >= 0.3 is 0 Å². The van der Waals surface area contributed by atoms with Crippen LogP contribution in [-0.4, -0.2) is 14.3 Å². The number of carbonyl (C=O) groups is 1. The van der Waals surface area contributed by atoms with Gasteiger partial charge in [-0.3, -0.25) is 9.52 Å². The fraction of sp³-hybridized carbons (Fsp3) is 0.0500. The van der Waals surface area contributed by atoms with Crippen LogP contribution in [0.5, 0.6) is 0 Å². The van der Waals surface area contributed by atoms with Crippen molar-refractivity contribution in [3.63, 3.8) is 0 Å². The summed E-state index contributed by atoms with van der Waals surface area (Å²) < 4.78 is 40.3. The summed E-state index contributed by atoms with van der Waals surface area (Å²) in [5, 5.41) is 2.75. The number of halogens is 1. The summed E-state index contributed by atoms with van der Waals surface area (Å²) in [4.78, 5) is 12.3. The highest BCUT2D eigenvalue weighted by atomic mass is 32.2. The molecule has 0 atom stereocenters. The second-order valence-electron chi connectivity index (χ2n) is 5.81. The Labute approximate surface area is 156 Å². The second-order valence-corrected chi connectivity index (χ2v) is 7.49. The molecule has 0 unspecified atom stereocenters. The van der Waals surface area contributed by atoms with Gasteiger partial charge in [-0.15, -0.1) is 0 Å². The summed E-state index contributed by atoms with van der Waals surface area (Å²) in [5.74, 6) is -0.840. The summed E-state index contributed by atoms with van der Waals surface area (Å²) in [5.41, 5.74) is 1.40. The summed E-state index contributed by atoms with van der Waals surface area (Å²) >= 11 is 0. The Kier molecular flexibility index (Phi) is 5.52. The average molecular weight is 384 g/mol. The molecule has 3 rings (SSSR count). The van der Waals surface area contributed by atoms with E-state index in [1.165, 1.54) is 36.4 Å². The van der Waals surface area contributed by atoms with Crippen LogP contribution in [-0.2, 0) is 16.6 Å². The maximum atomic E-state index is 13.0. The van der Waals surface area contributed by atoms with Gasteiger partial charge in [0.2, 0.25) is 0 Å². The first-order valence-electron chi connectivity index (χ1n) is 8.15. The Balaban J connectivity index is 1.73. The number of anilines is 1. The first-order chi connectivity index (χ1) is 12.9. The molecular formula is C20H17FN2O3S. The number of sulfonamides is 1. The Morgan fingerprint density at radius 3 is 2.30 bits per heavy atom. The Hall–Kier alpha value is -3.19. The molecule has 7 heteroatoms. The molecule has 2 N–H and O–H groups in total.